The van der Waals surface area contributed by atoms with Gasteiger partial charge < -0.3 is 9.84 Å². The van der Waals surface area contributed by atoms with Crippen LogP contribution in [0.2, 0.25) is 0 Å². The Hall–Kier alpha value is -1.61. The number of hydrogen-bond donors (Lipinski definition) is 1. The molecule has 0 heterocycles. The average molecular weight is 206 g/mol. The van der Waals surface area contributed by atoms with Crippen LogP contribution in [0.4, 0.5) is 0 Å². The van der Waals surface area contributed by atoms with E-state index in [1.54, 1.807) is 24.3 Å². The molecule has 0 aliphatic carbocycles. The maximum Gasteiger partial charge on any atom is 0.336 e. The van der Waals surface area contributed by atoms with Crippen LogP contribution < -0.4 is 0 Å². The van der Waals surface area contributed by atoms with Gasteiger partial charge in [-0.15, -0.1) is 0 Å². The molecule has 15 heavy (non-hydrogen) atoms. The van der Waals surface area contributed by atoms with Gasteiger partial charge in [0.15, 0.2) is 0 Å². The second-order valence-corrected chi connectivity index (χ2v) is 3.05. The Bertz CT molecular complexity index is 356. The third-order valence-corrected chi connectivity index (χ3v) is 1.96. The molecule has 0 saturated carbocycles. The molecule has 3 nitrogen and oxygen atoms in total. The summed E-state index contributed by atoms with van der Waals surface area (Å²) in [6.07, 6.45) is 3.77. The van der Waals surface area contributed by atoms with Gasteiger partial charge in [0.25, 0.3) is 0 Å². The van der Waals surface area contributed by atoms with Crippen molar-refractivity contribution in [2.24, 2.45) is 0 Å². The van der Waals surface area contributed by atoms with Crippen molar-refractivity contribution in [2.45, 2.75) is 13.5 Å². The number of aromatic carboxylic acids is 1. The molecule has 0 saturated heterocycles. The first kappa shape index (κ1) is 11.5. The molecule has 0 radical (unpaired) electrons. The summed E-state index contributed by atoms with van der Waals surface area (Å²) in [4.78, 5) is 10.8. The summed E-state index contributed by atoms with van der Waals surface area (Å²) in [6, 6.07) is 6.86. The minimum absolute atomic E-state index is 0.304. The van der Waals surface area contributed by atoms with E-state index in [-0.39, 0.29) is 0 Å². The van der Waals surface area contributed by atoms with Gasteiger partial charge >= 0.3 is 5.97 Å². The van der Waals surface area contributed by atoms with Crippen molar-refractivity contribution >= 4 is 5.97 Å². The highest BCUT2D eigenvalue weighted by Gasteiger charge is 2.07. The Balaban J connectivity index is 2.63. The number of carboxylic acids is 1. The minimum atomic E-state index is -0.916. The first-order valence-electron chi connectivity index (χ1n) is 4.75. The summed E-state index contributed by atoms with van der Waals surface area (Å²) >= 11 is 0. The Morgan fingerprint density at radius 3 is 2.87 bits per heavy atom. The fourth-order valence-electron chi connectivity index (χ4n) is 1.19. The highest BCUT2D eigenvalue weighted by atomic mass is 16.5. The summed E-state index contributed by atoms with van der Waals surface area (Å²) < 4.78 is 5.30. The highest BCUT2D eigenvalue weighted by molar-refractivity contribution is 5.89. The van der Waals surface area contributed by atoms with Gasteiger partial charge in [-0.2, -0.15) is 0 Å². The van der Waals surface area contributed by atoms with E-state index in [2.05, 4.69) is 0 Å². The van der Waals surface area contributed by atoms with E-state index in [1.165, 1.54) is 0 Å². The zero-order valence-electron chi connectivity index (χ0n) is 8.64. The van der Waals surface area contributed by atoms with Crippen molar-refractivity contribution in [3.63, 3.8) is 0 Å². The molecule has 80 valence electrons. The molecule has 0 aromatic heterocycles. The molecular formula is C12H14O3. The standard InChI is InChI=1S/C12H14O3/c1-2-3-8-15-9-10-6-4-5-7-11(10)12(13)14/h2-7H,8-9H2,1H3,(H,13,14). The molecular weight excluding hydrogens is 192 g/mol. The molecule has 0 unspecified atom stereocenters. The van der Waals surface area contributed by atoms with Crippen molar-refractivity contribution < 1.29 is 14.6 Å². The minimum Gasteiger partial charge on any atom is -0.478 e. The van der Waals surface area contributed by atoms with E-state index in [0.29, 0.717) is 24.3 Å². The fraction of sp³-hybridized carbons (Fsp3) is 0.250. The predicted molar refractivity (Wildman–Crippen MR) is 57.9 cm³/mol. The third kappa shape index (κ3) is 3.56. The first-order chi connectivity index (χ1) is 7.25. The number of carbonyl (C=O) groups is 1. The number of carboxylic acid groups (broad SMARTS) is 1. The highest BCUT2D eigenvalue weighted by Crippen LogP contribution is 2.09. The van der Waals surface area contributed by atoms with Crippen LogP contribution >= 0.6 is 0 Å². The molecule has 0 amide bonds. The second kappa shape index (κ2) is 5.98. The summed E-state index contributed by atoms with van der Waals surface area (Å²) in [7, 11) is 0. The Labute approximate surface area is 89.0 Å². The van der Waals surface area contributed by atoms with Crippen molar-refractivity contribution in [1.29, 1.82) is 0 Å². The number of allylic oxidation sites excluding steroid dienone is 1. The fourth-order valence-corrected chi connectivity index (χ4v) is 1.19. The van der Waals surface area contributed by atoms with Crippen LogP contribution in [0.3, 0.4) is 0 Å². The van der Waals surface area contributed by atoms with Crippen molar-refractivity contribution in [1.82, 2.24) is 0 Å². The van der Waals surface area contributed by atoms with E-state index in [4.69, 9.17) is 9.84 Å². The first-order valence-corrected chi connectivity index (χ1v) is 4.75. The van der Waals surface area contributed by atoms with E-state index < -0.39 is 5.97 Å². The van der Waals surface area contributed by atoms with Crippen LogP contribution in [0.25, 0.3) is 0 Å². The van der Waals surface area contributed by atoms with Gasteiger partial charge in [0, 0.05) is 0 Å². The van der Waals surface area contributed by atoms with Gasteiger partial charge in [0.1, 0.15) is 0 Å². The molecule has 0 atom stereocenters. The number of hydrogen-bond acceptors (Lipinski definition) is 2. The maximum atomic E-state index is 10.8. The number of ether oxygens (including phenoxy) is 1. The summed E-state index contributed by atoms with van der Waals surface area (Å²) in [6.45, 7) is 2.74. The van der Waals surface area contributed by atoms with Crippen LogP contribution in [0.1, 0.15) is 22.8 Å². The smallest absolute Gasteiger partial charge is 0.336 e. The van der Waals surface area contributed by atoms with Gasteiger partial charge in [-0.3, -0.25) is 0 Å². The molecule has 0 fully saturated rings. The lowest BCUT2D eigenvalue weighted by molar-refractivity contribution is 0.0690. The summed E-state index contributed by atoms with van der Waals surface area (Å²) in [5.74, 6) is -0.916. The van der Waals surface area contributed by atoms with Crippen LogP contribution in [0.5, 0.6) is 0 Å². The van der Waals surface area contributed by atoms with Gasteiger partial charge in [-0.1, -0.05) is 30.4 Å². The molecule has 1 rings (SSSR count). The lowest BCUT2D eigenvalue weighted by atomic mass is 10.1. The van der Waals surface area contributed by atoms with Gasteiger partial charge in [0.05, 0.1) is 18.8 Å². The Morgan fingerprint density at radius 1 is 1.47 bits per heavy atom. The van der Waals surface area contributed by atoms with Crippen LogP contribution in [-0.4, -0.2) is 17.7 Å². The third-order valence-electron chi connectivity index (χ3n) is 1.96. The summed E-state index contributed by atoms with van der Waals surface area (Å²) in [5.41, 5.74) is 1.01. The lowest BCUT2D eigenvalue weighted by Gasteiger charge is -2.05. The zero-order chi connectivity index (χ0) is 11.1. The molecule has 0 spiro atoms. The average Bonchev–Trinajstić information content (AvgIpc) is 2.25. The monoisotopic (exact) mass is 206 g/mol. The van der Waals surface area contributed by atoms with Gasteiger partial charge in [-0.25, -0.2) is 4.79 Å². The SMILES string of the molecule is CC=CCOCc1ccccc1C(=O)O. The van der Waals surface area contributed by atoms with E-state index in [9.17, 15) is 4.79 Å². The van der Waals surface area contributed by atoms with Crippen molar-refractivity contribution in [3.8, 4) is 0 Å². The predicted octanol–water partition coefficient (Wildman–Crippen LogP) is 2.48. The molecule has 0 bridgehead atoms. The van der Waals surface area contributed by atoms with E-state index in [0.717, 1.165) is 0 Å². The number of rotatable bonds is 5. The van der Waals surface area contributed by atoms with Crippen molar-refractivity contribution in [3.05, 3.63) is 47.5 Å². The summed E-state index contributed by atoms with van der Waals surface area (Å²) in [5, 5.41) is 8.90. The largest absolute Gasteiger partial charge is 0.478 e. The number of benzene rings is 1. The molecule has 0 aliphatic heterocycles. The molecule has 1 aromatic carbocycles. The quantitative estimate of drug-likeness (QED) is 0.594. The van der Waals surface area contributed by atoms with Crippen LogP contribution in [0.15, 0.2) is 36.4 Å². The van der Waals surface area contributed by atoms with Crippen LogP contribution in [-0.2, 0) is 11.3 Å². The molecule has 1 aromatic rings. The Kier molecular flexibility index (Phi) is 4.57. The van der Waals surface area contributed by atoms with Gasteiger partial charge in [-0.05, 0) is 18.6 Å². The normalized spacial score (nSPS) is 10.7. The second-order valence-electron chi connectivity index (χ2n) is 3.05. The Morgan fingerprint density at radius 2 is 2.20 bits per heavy atom. The van der Waals surface area contributed by atoms with E-state index >= 15 is 0 Å². The molecule has 0 aliphatic rings. The lowest BCUT2D eigenvalue weighted by Crippen LogP contribution is -2.03. The van der Waals surface area contributed by atoms with Crippen LogP contribution in [0, 0.1) is 0 Å². The van der Waals surface area contributed by atoms with Crippen molar-refractivity contribution in [2.75, 3.05) is 6.61 Å². The topological polar surface area (TPSA) is 46.5 Å². The molecule has 1 N–H and O–H groups in total. The maximum absolute atomic E-state index is 10.8. The molecule has 3 heteroatoms. The zero-order valence-corrected chi connectivity index (χ0v) is 8.64. The van der Waals surface area contributed by atoms with Gasteiger partial charge in [0.2, 0.25) is 0 Å². The van der Waals surface area contributed by atoms with E-state index in [1.807, 2.05) is 19.1 Å².